The lowest BCUT2D eigenvalue weighted by molar-refractivity contribution is -0.0271. The van der Waals surface area contributed by atoms with Crippen molar-refractivity contribution in [2.75, 3.05) is 19.6 Å². The number of aryl methyl sites for hydroxylation is 1. The van der Waals surface area contributed by atoms with E-state index in [4.69, 9.17) is 4.74 Å². The fourth-order valence-corrected chi connectivity index (χ4v) is 5.00. The Labute approximate surface area is 222 Å². The molecule has 1 aliphatic rings. The average molecular weight is 521 g/mol. The van der Waals surface area contributed by atoms with Crippen LogP contribution in [-0.2, 0) is 11.3 Å². The lowest BCUT2D eigenvalue weighted by Gasteiger charge is -2.34. The van der Waals surface area contributed by atoms with Crippen molar-refractivity contribution in [1.29, 1.82) is 0 Å². The second kappa shape index (κ2) is 12.8. The Hall–Kier alpha value is -3.26. The molecule has 2 aromatic carbocycles. The van der Waals surface area contributed by atoms with Gasteiger partial charge in [0.1, 0.15) is 11.8 Å². The predicted molar refractivity (Wildman–Crippen MR) is 148 cm³/mol. The molecule has 1 saturated heterocycles. The van der Waals surface area contributed by atoms with Crippen LogP contribution < -0.4 is 11.2 Å². The minimum Gasteiger partial charge on any atom is -0.365 e. The van der Waals surface area contributed by atoms with Crippen molar-refractivity contribution >= 4 is 23.4 Å². The SMILES string of the molecule is Cl.O=c1[nH]c(=O)n(CCCCN2CCC(OC(c3ccccc3)c3ccccc3)CC2)c2ncccc12. The van der Waals surface area contributed by atoms with E-state index in [1.165, 1.54) is 11.1 Å². The van der Waals surface area contributed by atoms with E-state index in [9.17, 15) is 9.59 Å². The maximum absolute atomic E-state index is 12.3. The Morgan fingerprint density at radius 2 is 1.49 bits per heavy atom. The largest absolute Gasteiger partial charge is 0.365 e. The van der Waals surface area contributed by atoms with Crippen molar-refractivity contribution in [3.8, 4) is 0 Å². The molecule has 7 nitrogen and oxygen atoms in total. The Morgan fingerprint density at radius 3 is 2.14 bits per heavy atom. The van der Waals surface area contributed by atoms with Gasteiger partial charge in [0.2, 0.25) is 0 Å². The van der Waals surface area contributed by atoms with E-state index >= 15 is 0 Å². The molecule has 1 fully saturated rings. The third-order valence-electron chi connectivity index (χ3n) is 6.93. The molecule has 0 amide bonds. The molecule has 4 aromatic rings. The van der Waals surface area contributed by atoms with Gasteiger partial charge in [0, 0.05) is 25.8 Å². The van der Waals surface area contributed by atoms with Crippen molar-refractivity contribution in [3.63, 3.8) is 0 Å². The minimum absolute atomic E-state index is 0. The summed E-state index contributed by atoms with van der Waals surface area (Å²) in [5.74, 6) is 0. The highest BCUT2D eigenvalue weighted by Crippen LogP contribution is 2.30. The van der Waals surface area contributed by atoms with Gasteiger partial charge in [-0.25, -0.2) is 9.78 Å². The molecule has 2 aromatic heterocycles. The zero-order valence-electron chi connectivity index (χ0n) is 20.8. The van der Waals surface area contributed by atoms with Crippen LogP contribution in [0.1, 0.15) is 42.9 Å². The molecule has 0 saturated carbocycles. The van der Waals surface area contributed by atoms with Crippen molar-refractivity contribution in [3.05, 3.63) is 111 Å². The molecule has 0 radical (unpaired) electrons. The zero-order chi connectivity index (χ0) is 24.7. The number of unbranched alkanes of at least 4 members (excludes halogenated alkanes) is 1. The maximum atomic E-state index is 12.3. The molecule has 1 aliphatic heterocycles. The second-order valence-corrected chi connectivity index (χ2v) is 9.37. The average Bonchev–Trinajstić information content (AvgIpc) is 2.93. The number of fused-ring (bicyclic) bond motifs is 1. The summed E-state index contributed by atoms with van der Waals surface area (Å²) in [4.78, 5) is 33.5. The fraction of sp³-hybridized carbons (Fsp3) is 0.345. The first kappa shape index (κ1) is 26.8. The molecule has 194 valence electrons. The molecule has 0 unspecified atom stereocenters. The highest BCUT2D eigenvalue weighted by Gasteiger charge is 2.24. The van der Waals surface area contributed by atoms with Crippen molar-refractivity contribution in [2.24, 2.45) is 0 Å². The van der Waals surface area contributed by atoms with Gasteiger partial charge in [0.05, 0.1) is 11.5 Å². The summed E-state index contributed by atoms with van der Waals surface area (Å²) >= 11 is 0. The topological polar surface area (TPSA) is 80.2 Å². The molecule has 0 aliphatic carbocycles. The molecule has 8 heteroatoms. The third kappa shape index (κ3) is 6.55. The van der Waals surface area contributed by atoms with Gasteiger partial charge in [-0.3, -0.25) is 14.3 Å². The van der Waals surface area contributed by atoms with Crippen molar-refractivity contribution in [2.45, 2.75) is 44.4 Å². The first-order valence-electron chi connectivity index (χ1n) is 12.7. The number of H-pyrrole nitrogens is 1. The molecular formula is C29H33ClN4O3. The Kier molecular flexibility index (Phi) is 9.28. The summed E-state index contributed by atoms with van der Waals surface area (Å²) in [6, 6.07) is 24.3. The predicted octanol–water partition coefficient (Wildman–Crippen LogP) is 4.56. The summed E-state index contributed by atoms with van der Waals surface area (Å²) in [6.45, 7) is 3.53. The van der Waals surface area contributed by atoms with Crippen molar-refractivity contribution < 1.29 is 4.74 Å². The first-order chi connectivity index (χ1) is 17.7. The number of ether oxygens (including phenoxy) is 1. The number of hydrogen-bond donors (Lipinski definition) is 1. The van der Waals surface area contributed by atoms with Gasteiger partial charge in [-0.05, 0) is 55.5 Å². The molecule has 0 atom stereocenters. The monoisotopic (exact) mass is 520 g/mol. The summed E-state index contributed by atoms with van der Waals surface area (Å²) in [7, 11) is 0. The van der Waals surface area contributed by atoms with E-state index in [-0.39, 0.29) is 30.2 Å². The van der Waals surface area contributed by atoms with E-state index in [1.807, 2.05) is 12.1 Å². The number of benzene rings is 2. The number of piperidine rings is 1. The number of aromatic nitrogens is 3. The molecule has 3 heterocycles. The van der Waals surface area contributed by atoms with Gasteiger partial charge in [0.15, 0.2) is 0 Å². The quantitative estimate of drug-likeness (QED) is 0.327. The lowest BCUT2D eigenvalue weighted by atomic mass is 10.00. The Balaban J connectivity index is 0.00000320. The second-order valence-electron chi connectivity index (χ2n) is 9.37. The van der Waals surface area contributed by atoms with Crippen LogP contribution in [0.25, 0.3) is 11.0 Å². The van der Waals surface area contributed by atoms with E-state index < -0.39 is 5.69 Å². The van der Waals surface area contributed by atoms with Crippen LogP contribution in [0, 0.1) is 0 Å². The van der Waals surface area contributed by atoms with Gasteiger partial charge in [0.25, 0.3) is 5.56 Å². The molecule has 0 bridgehead atoms. The number of nitrogens with one attached hydrogen (secondary N) is 1. The number of hydrogen-bond acceptors (Lipinski definition) is 5. The summed E-state index contributed by atoms with van der Waals surface area (Å²) in [6.07, 6.45) is 5.62. The van der Waals surface area contributed by atoms with Crippen molar-refractivity contribution in [1.82, 2.24) is 19.4 Å². The van der Waals surface area contributed by atoms with Gasteiger partial charge in [-0.1, -0.05) is 60.7 Å². The van der Waals surface area contributed by atoms with Crippen LogP contribution in [0.2, 0.25) is 0 Å². The van der Waals surface area contributed by atoms with Gasteiger partial charge in [-0.15, -0.1) is 12.4 Å². The number of aromatic amines is 1. The van der Waals surface area contributed by atoms with E-state index in [0.29, 0.717) is 17.6 Å². The van der Waals surface area contributed by atoms with Crippen LogP contribution in [0.5, 0.6) is 0 Å². The summed E-state index contributed by atoms with van der Waals surface area (Å²) < 4.78 is 8.23. The van der Waals surface area contributed by atoms with Crippen LogP contribution in [0.15, 0.2) is 88.6 Å². The molecule has 1 N–H and O–H groups in total. The van der Waals surface area contributed by atoms with E-state index in [1.54, 1.807) is 22.9 Å². The maximum Gasteiger partial charge on any atom is 0.329 e. The standard InChI is InChI=1S/C29H32N4O3.ClH/c34-28-25-14-9-17-30-27(25)33(29(35)31-28)19-8-7-18-32-20-15-24(16-21-32)36-26(22-10-3-1-4-11-22)23-12-5-2-6-13-23;/h1-6,9-14,17,24,26H,7-8,15-16,18-21H2,(H,31,34,35);1H. The van der Waals surface area contributed by atoms with Crippen LogP contribution in [-0.4, -0.2) is 45.2 Å². The summed E-state index contributed by atoms with van der Waals surface area (Å²) in [5, 5.41) is 0.448. The van der Waals surface area contributed by atoms with E-state index in [0.717, 1.165) is 45.3 Å². The number of pyridine rings is 1. The molecular weight excluding hydrogens is 488 g/mol. The highest BCUT2D eigenvalue weighted by atomic mass is 35.5. The molecule has 5 rings (SSSR count). The number of halogens is 1. The van der Waals surface area contributed by atoms with Crippen LogP contribution in [0.4, 0.5) is 0 Å². The molecule has 37 heavy (non-hydrogen) atoms. The Morgan fingerprint density at radius 1 is 0.865 bits per heavy atom. The van der Waals surface area contributed by atoms with Gasteiger partial charge >= 0.3 is 5.69 Å². The third-order valence-corrected chi connectivity index (χ3v) is 6.93. The minimum atomic E-state index is -0.393. The van der Waals surface area contributed by atoms with Crippen LogP contribution in [0.3, 0.4) is 0 Å². The smallest absolute Gasteiger partial charge is 0.329 e. The normalized spacial score (nSPS) is 14.6. The number of likely N-dealkylation sites (tertiary alicyclic amines) is 1. The van der Waals surface area contributed by atoms with E-state index in [2.05, 4.69) is 63.4 Å². The molecule has 0 spiro atoms. The van der Waals surface area contributed by atoms with Crippen LogP contribution >= 0.6 is 12.4 Å². The van der Waals surface area contributed by atoms with Gasteiger partial charge in [-0.2, -0.15) is 0 Å². The number of nitrogens with zero attached hydrogens (tertiary/aromatic N) is 3. The fourth-order valence-electron chi connectivity index (χ4n) is 5.00. The highest BCUT2D eigenvalue weighted by molar-refractivity contribution is 5.85. The Bertz CT molecular complexity index is 1340. The summed E-state index contributed by atoms with van der Waals surface area (Å²) in [5.41, 5.74) is 2.05. The lowest BCUT2D eigenvalue weighted by Crippen LogP contribution is -2.38. The van der Waals surface area contributed by atoms with Gasteiger partial charge < -0.3 is 9.64 Å². The zero-order valence-corrected chi connectivity index (χ0v) is 21.6. The number of rotatable bonds is 9. The first-order valence-corrected chi connectivity index (χ1v) is 12.7.